The zero-order chi connectivity index (χ0) is 46.2. The van der Waals surface area contributed by atoms with Gasteiger partial charge in [0.1, 0.15) is 29.1 Å². The number of benzene rings is 2. The number of anilines is 4. The Hall–Kier alpha value is -6.49. The third-order valence-electron chi connectivity index (χ3n) is 12.1. The number of Topliss-reactive ketones (excluding diaryl/α,β-unsaturated/α-hetero) is 1. The summed E-state index contributed by atoms with van der Waals surface area (Å²) in [5.74, 6) is -4.72. The van der Waals surface area contributed by atoms with E-state index >= 15 is 13.2 Å². The van der Waals surface area contributed by atoms with E-state index in [4.69, 9.17) is 0 Å². The summed E-state index contributed by atoms with van der Waals surface area (Å²) >= 11 is 0. The molecular weight excluding hydrogens is 872 g/mol. The molecule has 3 aromatic heterocycles. The number of nitrogens with one attached hydrogen (secondary N) is 5. The van der Waals surface area contributed by atoms with Gasteiger partial charge < -0.3 is 30.5 Å². The lowest BCUT2D eigenvalue weighted by atomic mass is 9.84. The minimum atomic E-state index is -4.20. The predicted molar refractivity (Wildman–Crippen MR) is 234 cm³/mol. The van der Waals surface area contributed by atoms with Crippen molar-refractivity contribution in [1.82, 2.24) is 34.9 Å². The van der Waals surface area contributed by atoms with Crippen LogP contribution in [0.25, 0.3) is 22.3 Å². The van der Waals surface area contributed by atoms with Crippen molar-refractivity contribution in [1.29, 1.82) is 0 Å². The van der Waals surface area contributed by atoms with E-state index in [0.29, 0.717) is 61.0 Å². The van der Waals surface area contributed by atoms with E-state index in [-0.39, 0.29) is 67.1 Å². The maximum Gasteiger partial charge on any atom is 0.301 e. The molecule has 22 heteroatoms. The molecular formula is C43H46F3N11O7S. The van der Waals surface area contributed by atoms with Crippen molar-refractivity contribution in [3.8, 4) is 11.3 Å². The van der Waals surface area contributed by atoms with Crippen LogP contribution in [0, 0.1) is 17.5 Å². The highest BCUT2D eigenvalue weighted by Gasteiger charge is 2.38. The molecule has 3 aliphatic rings. The van der Waals surface area contributed by atoms with Crippen LogP contribution in [-0.4, -0.2) is 125 Å². The third-order valence-corrected chi connectivity index (χ3v) is 13.7. The third kappa shape index (κ3) is 9.37. The van der Waals surface area contributed by atoms with Crippen LogP contribution >= 0.6 is 0 Å². The Morgan fingerprint density at radius 3 is 2.49 bits per heavy atom. The molecule has 342 valence electrons. The van der Waals surface area contributed by atoms with Crippen molar-refractivity contribution in [3.05, 3.63) is 89.8 Å². The van der Waals surface area contributed by atoms with Gasteiger partial charge in [-0.15, -0.1) is 0 Å². The summed E-state index contributed by atoms with van der Waals surface area (Å²) in [5, 5.41) is 20.2. The van der Waals surface area contributed by atoms with E-state index < -0.39 is 68.3 Å². The Labute approximate surface area is 371 Å². The van der Waals surface area contributed by atoms with Crippen LogP contribution < -0.4 is 30.5 Å². The first kappa shape index (κ1) is 45.1. The van der Waals surface area contributed by atoms with E-state index in [1.54, 1.807) is 30.0 Å². The fourth-order valence-corrected chi connectivity index (χ4v) is 9.21. The van der Waals surface area contributed by atoms with E-state index in [1.807, 2.05) is 4.90 Å². The minimum absolute atomic E-state index is 0.0717. The molecule has 8 rings (SSSR count). The molecule has 2 amide bonds. The summed E-state index contributed by atoms with van der Waals surface area (Å²) < 4.78 is 74.4. The number of piperazine rings is 1. The first-order valence-electron chi connectivity index (χ1n) is 21.0. The van der Waals surface area contributed by atoms with Crippen LogP contribution in [0.2, 0.25) is 0 Å². The molecule has 0 saturated carbocycles. The number of piperidine rings is 2. The predicted octanol–water partition coefficient (Wildman–Crippen LogP) is 3.26. The van der Waals surface area contributed by atoms with Gasteiger partial charge in [0, 0.05) is 88.2 Å². The molecule has 0 bridgehead atoms. The summed E-state index contributed by atoms with van der Waals surface area (Å²) in [4.78, 5) is 71.1. The van der Waals surface area contributed by atoms with Crippen molar-refractivity contribution in [2.75, 3.05) is 66.2 Å². The summed E-state index contributed by atoms with van der Waals surface area (Å²) in [6, 6.07) is 6.53. The van der Waals surface area contributed by atoms with Crippen LogP contribution in [0.3, 0.4) is 0 Å². The molecule has 65 heavy (non-hydrogen) atoms. The minimum Gasteiger partial charge on any atom is -0.389 e. The van der Waals surface area contributed by atoms with Gasteiger partial charge in [-0.1, -0.05) is 6.92 Å². The number of H-pyrrole nitrogens is 1. The monoisotopic (exact) mass is 917 g/mol. The molecule has 18 nitrogen and oxygen atoms in total. The summed E-state index contributed by atoms with van der Waals surface area (Å²) in [7, 11) is -2.92. The molecule has 2 unspecified atom stereocenters. The standard InChI is InChI=1S/C43H46F3N11O7S/c1-3-55(2)65(63,64)54-29-6-5-27(44)38(39(29)46)40(60)26-20-51-41-37(26)25(10-13-48-41)31-21-50-35(22-49-31)57-17-14-47-32(23-57)34(58)19-43(62)11-15-56(16-12-43)33-8-4-24(18-28(33)45)52-30-7-9-36(59)53-42(30)61/h4-6,8,10,13,18,20-22,30,32,47,52,54,62H,3,7,9,11-12,14-17,19,23H2,1-2H3,(H,48,51)(H,53,59,61). The average molecular weight is 918 g/mol. The number of halogens is 3. The first-order valence-corrected chi connectivity index (χ1v) is 22.4. The number of aliphatic hydroxyl groups is 1. The Kier molecular flexibility index (Phi) is 12.6. The van der Waals surface area contributed by atoms with E-state index in [9.17, 15) is 32.7 Å². The van der Waals surface area contributed by atoms with Crippen LogP contribution in [-0.2, 0) is 24.6 Å². The van der Waals surface area contributed by atoms with Gasteiger partial charge in [-0.25, -0.2) is 23.1 Å². The second-order valence-electron chi connectivity index (χ2n) is 16.3. The molecule has 3 saturated heterocycles. The number of carbonyl (C=O) groups is 4. The largest absolute Gasteiger partial charge is 0.389 e. The Bertz CT molecular complexity index is 2790. The van der Waals surface area contributed by atoms with E-state index in [2.05, 4.69) is 40.6 Å². The summed E-state index contributed by atoms with van der Waals surface area (Å²) in [6.45, 7) is 3.41. The quantitative estimate of drug-likeness (QED) is 0.0694. The second-order valence-corrected chi connectivity index (χ2v) is 18.1. The molecule has 0 spiro atoms. The number of aromatic nitrogens is 4. The highest BCUT2D eigenvalue weighted by molar-refractivity contribution is 7.90. The number of hydrogen-bond acceptors (Lipinski definition) is 14. The molecule has 0 aliphatic carbocycles. The van der Waals surface area contributed by atoms with Crippen molar-refractivity contribution < 1.29 is 45.9 Å². The smallest absolute Gasteiger partial charge is 0.301 e. The van der Waals surface area contributed by atoms with Crippen molar-refractivity contribution in [3.63, 3.8) is 0 Å². The van der Waals surface area contributed by atoms with Crippen LogP contribution in [0.15, 0.2) is 61.2 Å². The number of amides is 2. The normalized spacial score (nSPS) is 19.1. The first-order chi connectivity index (χ1) is 31.0. The lowest BCUT2D eigenvalue weighted by Gasteiger charge is -2.40. The zero-order valence-electron chi connectivity index (χ0n) is 35.3. The number of pyridine rings is 1. The highest BCUT2D eigenvalue weighted by Crippen LogP contribution is 2.35. The van der Waals surface area contributed by atoms with Gasteiger partial charge in [-0.2, -0.15) is 12.7 Å². The van der Waals surface area contributed by atoms with Gasteiger partial charge in [-0.05, 0) is 55.7 Å². The number of aromatic amines is 1. The van der Waals surface area contributed by atoms with Gasteiger partial charge in [-0.3, -0.25) is 34.2 Å². The van der Waals surface area contributed by atoms with Gasteiger partial charge >= 0.3 is 10.2 Å². The number of hydrogen-bond donors (Lipinski definition) is 6. The number of nitrogens with zero attached hydrogens (tertiary/aromatic N) is 6. The van der Waals surface area contributed by atoms with Gasteiger partial charge in [0.25, 0.3) is 0 Å². The molecule has 2 aromatic carbocycles. The van der Waals surface area contributed by atoms with Crippen LogP contribution in [0.4, 0.5) is 36.1 Å². The lowest BCUT2D eigenvalue weighted by Crippen LogP contribution is -2.56. The zero-order valence-corrected chi connectivity index (χ0v) is 36.1. The fraction of sp³-hybridized carbons (Fsp3) is 0.372. The fourth-order valence-electron chi connectivity index (χ4n) is 8.28. The SMILES string of the molecule is CCN(C)S(=O)(=O)Nc1ccc(F)c(C(=O)c2c[nH]c3nccc(-c4cnc(N5CCNC(C(=O)CC6(O)CCN(c7ccc(NC8CCC(=O)NC8=O)cc7F)CC6)C5)cn4)c23)c1F. The summed E-state index contributed by atoms with van der Waals surface area (Å²) in [5.41, 5.74) is -1.41. The molecule has 3 aliphatic heterocycles. The number of carbonyl (C=O) groups excluding carboxylic acids is 4. The van der Waals surface area contributed by atoms with Gasteiger partial charge in [0.15, 0.2) is 11.6 Å². The number of ketones is 2. The van der Waals surface area contributed by atoms with Crippen molar-refractivity contribution >= 4 is 67.5 Å². The van der Waals surface area contributed by atoms with Gasteiger partial charge in [0.2, 0.25) is 17.6 Å². The van der Waals surface area contributed by atoms with Crippen molar-refractivity contribution in [2.24, 2.45) is 0 Å². The van der Waals surface area contributed by atoms with Crippen LogP contribution in [0.5, 0.6) is 0 Å². The topological polar surface area (TPSA) is 235 Å². The van der Waals surface area contributed by atoms with Crippen LogP contribution in [0.1, 0.15) is 54.9 Å². The highest BCUT2D eigenvalue weighted by atomic mass is 32.2. The maximum absolute atomic E-state index is 15.8. The molecule has 0 radical (unpaired) electrons. The molecule has 2 atom stereocenters. The number of rotatable bonds is 14. The molecule has 5 aromatic rings. The molecule has 6 N–H and O–H groups in total. The Morgan fingerprint density at radius 1 is 1.00 bits per heavy atom. The number of imide groups is 1. The van der Waals surface area contributed by atoms with E-state index in [0.717, 1.165) is 16.4 Å². The van der Waals surface area contributed by atoms with Crippen molar-refractivity contribution in [2.45, 2.75) is 56.7 Å². The van der Waals surface area contributed by atoms with Gasteiger partial charge in [0.05, 0.1) is 52.2 Å². The average Bonchev–Trinajstić information content (AvgIpc) is 3.73. The Morgan fingerprint density at radius 2 is 1.78 bits per heavy atom. The summed E-state index contributed by atoms with van der Waals surface area (Å²) in [6.07, 6.45) is 6.51. The Balaban J connectivity index is 0.909. The lowest BCUT2D eigenvalue weighted by molar-refractivity contribution is -0.133. The van der Waals surface area contributed by atoms with E-state index in [1.165, 1.54) is 37.9 Å². The maximum atomic E-state index is 15.8. The molecule has 6 heterocycles. The number of fused-ring (bicyclic) bond motifs is 1. The molecule has 3 fully saturated rings. The second kappa shape index (κ2) is 18.2.